The number of rotatable bonds is 6. The molecular formula is C20H17FN4O3. The second kappa shape index (κ2) is 8.72. The lowest BCUT2D eigenvalue weighted by atomic mass is 10.2. The first-order valence-electron chi connectivity index (χ1n) is 8.35. The largest absolute Gasteiger partial charge is 0.465 e. The molecule has 0 fully saturated rings. The van der Waals surface area contributed by atoms with Crippen molar-refractivity contribution in [1.29, 1.82) is 0 Å². The lowest BCUT2D eigenvalue weighted by Gasteiger charge is -2.07. The quantitative estimate of drug-likeness (QED) is 0.638. The summed E-state index contributed by atoms with van der Waals surface area (Å²) < 4.78 is 17.5. The van der Waals surface area contributed by atoms with Crippen LogP contribution in [0.25, 0.3) is 0 Å². The van der Waals surface area contributed by atoms with Crippen LogP contribution in [-0.4, -0.2) is 29.0 Å². The molecule has 3 rings (SSSR count). The molecule has 3 aromatic rings. The van der Waals surface area contributed by atoms with Crippen LogP contribution in [-0.2, 0) is 11.3 Å². The standard InChI is InChI=1S/C20H17FN4O3/c1-28-19(27)14-4-8-17(9-5-14)25-18(26)15-11-23-20(24-12-15)22-10-13-2-6-16(21)7-3-13/h2-9,11-12H,10H2,1H3,(H,25,26)(H,22,23,24). The average Bonchev–Trinajstić information content (AvgIpc) is 2.73. The second-order valence-electron chi connectivity index (χ2n) is 5.80. The summed E-state index contributed by atoms with van der Waals surface area (Å²) in [6.45, 7) is 0.429. The van der Waals surface area contributed by atoms with E-state index in [1.54, 1.807) is 36.4 Å². The van der Waals surface area contributed by atoms with Crippen LogP contribution in [0.2, 0.25) is 0 Å². The van der Waals surface area contributed by atoms with E-state index in [0.29, 0.717) is 23.7 Å². The van der Waals surface area contributed by atoms with Gasteiger partial charge >= 0.3 is 5.97 Å². The molecule has 0 spiro atoms. The van der Waals surface area contributed by atoms with Crippen molar-refractivity contribution in [2.75, 3.05) is 17.7 Å². The topological polar surface area (TPSA) is 93.2 Å². The van der Waals surface area contributed by atoms with Gasteiger partial charge in [0.2, 0.25) is 5.95 Å². The van der Waals surface area contributed by atoms with Gasteiger partial charge in [0.25, 0.3) is 5.91 Å². The van der Waals surface area contributed by atoms with Crippen LogP contribution in [0.3, 0.4) is 0 Å². The van der Waals surface area contributed by atoms with E-state index >= 15 is 0 Å². The zero-order chi connectivity index (χ0) is 19.9. The van der Waals surface area contributed by atoms with Crippen molar-refractivity contribution in [3.8, 4) is 0 Å². The van der Waals surface area contributed by atoms with Gasteiger partial charge in [0.05, 0.1) is 18.2 Å². The SMILES string of the molecule is COC(=O)c1ccc(NC(=O)c2cnc(NCc3ccc(F)cc3)nc2)cc1. The predicted molar refractivity (Wildman–Crippen MR) is 101 cm³/mol. The molecule has 8 heteroatoms. The first kappa shape index (κ1) is 19.0. The molecule has 2 aromatic carbocycles. The summed E-state index contributed by atoms with van der Waals surface area (Å²) in [5.41, 5.74) is 2.07. The van der Waals surface area contributed by atoms with Crippen LogP contribution in [0.4, 0.5) is 16.0 Å². The molecule has 0 saturated carbocycles. The predicted octanol–water partition coefficient (Wildman–Crippen LogP) is 3.27. The van der Waals surface area contributed by atoms with Gasteiger partial charge in [-0.15, -0.1) is 0 Å². The van der Waals surface area contributed by atoms with Crippen LogP contribution in [0.15, 0.2) is 60.9 Å². The fraction of sp³-hybridized carbons (Fsp3) is 0.100. The lowest BCUT2D eigenvalue weighted by molar-refractivity contribution is 0.0600. The molecule has 0 unspecified atom stereocenters. The maximum absolute atomic E-state index is 12.9. The number of carbonyl (C=O) groups excluding carboxylic acids is 2. The number of amides is 1. The van der Waals surface area contributed by atoms with Crippen molar-refractivity contribution >= 4 is 23.5 Å². The van der Waals surface area contributed by atoms with Gasteiger partial charge in [0.1, 0.15) is 5.82 Å². The third-order valence-electron chi connectivity index (χ3n) is 3.84. The normalized spacial score (nSPS) is 10.2. The molecule has 142 valence electrons. The van der Waals surface area contributed by atoms with Crippen LogP contribution in [0.1, 0.15) is 26.3 Å². The van der Waals surface area contributed by atoms with Crippen LogP contribution in [0.5, 0.6) is 0 Å². The zero-order valence-electron chi connectivity index (χ0n) is 15.0. The fourth-order valence-corrected chi connectivity index (χ4v) is 2.33. The third-order valence-corrected chi connectivity index (χ3v) is 3.84. The summed E-state index contributed by atoms with van der Waals surface area (Å²) in [4.78, 5) is 31.9. The van der Waals surface area contributed by atoms with E-state index in [1.807, 2.05) is 0 Å². The molecule has 0 aliphatic carbocycles. The van der Waals surface area contributed by atoms with Crippen molar-refractivity contribution in [2.45, 2.75) is 6.54 Å². The first-order valence-corrected chi connectivity index (χ1v) is 8.35. The van der Waals surface area contributed by atoms with E-state index < -0.39 is 5.97 Å². The Labute approximate surface area is 160 Å². The first-order chi connectivity index (χ1) is 13.5. The van der Waals surface area contributed by atoms with Crippen molar-refractivity contribution in [1.82, 2.24) is 9.97 Å². The van der Waals surface area contributed by atoms with Gasteiger partial charge in [0, 0.05) is 24.6 Å². The summed E-state index contributed by atoms with van der Waals surface area (Å²) in [6, 6.07) is 12.4. The summed E-state index contributed by atoms with van der Waals surface area (Å²) in [7, 11) is 1.30. The number of aromatic nitrogens is 2. The van der Waals surface area contributed by atoms with Gasteiger partial charge in [-0.3, -0.25) is 4.79 Å². The van der Waals surface area contributed by atoms with Crippen LogP contribution < -0.4 is 10.6 Å². The maximum atomic E-state index is 12.9. The summed E-state index contributed by atoms with van der Waals surface area (Å²) in [5, 5.41) is 5.70. The summed E-state index contributed by atoms with van der Waals surface area (Å²) >= 11 is 0. The van der Waals surface area contributed by atoms with Gasteiger partial charge in [-0.2, -0.15) is 0 Å². The van der Waals surface area contributed by atoms with E-state index in [9.17, 15) is 14.0 Å². The highest BCUT2D eigenvalue weighted by Crippen LogP contribution is 2.12. The molecule has 0 aliphatic heterocycles. The summed E-state index contributed by atoms with van der Waals surface area (Å²) in [6.07, 6.45) is 2.80. The van der Waals surface area contributed by atoms with Crippen molar-refractivity contribution in [2.24, 2.45) is 0 Å². The minimum Gasteiger partial charge on any atom is -0.465 e. The smallest absolute Gasteiger partial charge is 0.337 e. The number of benzene rings is 2. The average molecular weight is 380 g/mol. The molecule has 0 saturated heterocycles. The Balaban J connectivity index is 1.57. The van der Waals surface area contributed by atoms with E-state index in [1.165, 1.54) is 31.6 Å². The molecule has 0 radical (unpaired) electrons. The van der Waals surface area contributed by atoms with Gasteiger partial charge in [-0.05, 0) is 42.0 Å². The third kappa shape index (κ3) is 4.88. The number of carbonyl (C=O) groups is 2. The molecule has 2 N–H and O–H groups in total. The molecule has 0 bridgehead atoms. The Bertz CT molecular complexity index is 958. The van der Waals surface area contributed by atoms with Crippen molar-refractivity contribution < 1.29 is 18.7 Å². The van der Waals surface area contributed by atoms with Gasteiger partial charge in [0.15, 0.2) is 0 Å². The minimum atomic E-state index is -0.449. The number of hydrogen-bond acceptors (Lipinski definition) is 6. The Morgan fingerprint density at radius 2 is 1.61 bits per heavy atom. The van der Waals surface area contributed by atoms with E-state index in [0.717, 1.165) is 5.56 Å². The highest BCUT2D eigenvalue weighted by Gasteiger charge is 2.09. The number of esters is 1. The molecule has 7 nitrogen and oxygen atoms in total. The number of nitrogens with zero attached hydrogens (tertiary/aromatic N) is 2. The zero-order valence-corrected chi connectivity index (χ0v) is 15.0. The lowest BCUT2D eigenvalue weighted by Crippen LogP contribution is -2.13. The summed E-state index contributed by atoms with van der Waals surface area (Å²) in [5.74, 6) is -0.774. The van der Waals surface area contributed by atoms with Crippen LogP contribution in [0, 0.1) is 5.82 Å². The van der Waals surface area contributed by atoms with Gasteiger partial charge in [-0.25, -0.2) is 19.2 Å². The number of halogens is 1. The Morgan fingerprint density at radius 1 is 0.964 bits per heavy atom. The monoisotopic (exact) mass is 380 g/mol. The van der Waals surface area contributed by atoms with Gasteiger partial charge in [-0.1, -0.05) is 12.1 Å². The molecule has 1 heterocycles. The van der Waals surface area contributed by atoms with Crippen molar-refractivity contribution in [3.63, 3.8) is 0 Å². The number of nitrogens with one attached hydrogen (secondary N) is 2. The van der Waals surface area contributed by atoms with E-state index in [4.69, 9.17) is 0 Å². The number of anilines is 2. The minimum absolute atomic E-state index is 0.282. The molecular weight excluding hydrogens is 363 g/mol. The fourth-order valence-electron chi connectivity index (χ4n) is 2.33. The van der Waals surface area contributed by atoms with Crippen molar-refractivity contribution in [3.05, 3.63) is 83.4 Å². The molecule has 0 atom stereocenters. The Morgan fingerprint density at radius 3 is 2.21 bits per heavy atom. The molecule has 1 amide bonds. The highest BCUT2D eigenvalue weighted by molar-refractivity contribution is 6.04. The highest BCUT2D eigenvalue weighted by atomic mass is 19.1. The Hall–Kier alpha value is -3.81. The Kier molecular flexibility index (Phi) is 5.91. The molecule has 0 aliphatic rings. The van der Waals surface area contributed by atoms with Gasteiger partial charge < -0.3 is 15.4 Å². The number of methoxy groups -OCH3 is 1. The molecule has 28 heavy (non-hydrogen) atoms. The number of hydrogen-bond donors (Lipinski definition) is 2. The van der Waals surface area contributed by atoms with Crippen LogP contribution >= 0.6 is 0 Å². The van der Waals surface area contributed by atoms with E-state index in [-0.39, 0.29) is 17.3 Å². The molecule has 1 aromatic heterocycles. The number of ether oxygens (including phenoxy) is 1. The second-order valence-corrected chi connectivity index (χ2v) is 5.80. The van der Waals surface area contributed by atoms with E-state index in [2.05, 4.69) is 25.3 Å². The maximum Gasteiger partial charge on any atom is 0.337 e.